The predicted octanol–water partition coefficient (Wildman–Crippen LogP) is 1.69. The maximum absolute atomic E-state index is 12.6. The lowest BCUT2D eigenvalue weighted by molar-refractivity contribution is -0.00241. The summed E-state index contributed by atoms with van der Waals surface area (Å²) in [5, 5.41) is 3.11. The number of likely N-dealkylation sites (tertiary alicyclic amines) is 1. The van der Waals surface area contributed by atoms with Crippen molar-refractivity contribution < 1.29 is 9.59 Å². The highest BCUT2D eigenvalue weighted by Gasteiger charge is 2.49. The quantitative estimate of drug-likeness (QED) is 0.909. The topological polar surface area (TPSA) is 88.1 Å². The van der Waals surface area contributed by atoms with Gasteiger partial charge in [-0.2, -0.15) is 0 Å². The fourth-order valence-corrected chi connectivity index (χ4v) is 4.00. The van der Waals surface area contributed by atoms with E-state index in [-0.39, 0.29) is 23.3 Å². The Labute approximate surface area is 151 Å². The molecular weight excluding hydrogens is 330 g/mol. The van der Waals surface area contributed by atoms with Gasteiger partial charge in [0, 0.05) is 43.9 Å². The minimum atomic E-state index is -0.170. The Morgan fingerprint density at radius 1 is 1.08 bits per heavy atom. The van der Waals surface area contributed by atoms with E-state index in [0.717, 1.165) is 25.7 Å². The lowest BCUT2D eigenvalue weighted by atomic mass is 9.59. The van der Waals surface area contributed by atoms with Crippen molar-refractivity contribution in [1.82, 2.24) is 25.2 Å². The molecule has 2 aromatic heterocycles. The Bertz CT molecular complexity index is 788. The Balaban J connectivity index is 1.36. The van der Waals surface area contributed by atoms with E-state index in [0.29, 0.717) is 24.3 Å². The standard InChI is InChI=1S/C19H21N5O2/c25-17(15-13-21-8-9-22-15)23-16-3-4-19(16)5-10-24(11-6-19)18(26)14-2-1-7-20-12-14/h1-2,7-9,12-13,16H,3-6,10-11H2,(H,23,25)/t16-/m1/s1. The lowest BCUT2D eigenvalue weighted by Gasteiger charge is -2.54. The summed E-state index contributed by atoms with van der Waals surface area (Å²) in [6, 6.07) is 3.72. The van der Waals surface area contributed by atoms with Gasteiger partial charge in [0.2, 0.25) is 0 Å². The van der Waals surface area contributed by atoms with Crippen molar-refractivity contribution in [1.29, 1.82) is 0 Å². The molecule has 134 valence electrons. The van der Waals surface area contributed by atoms with Crippen molar-refractivity contribution in [3.63, 3.8) is 0 Å². The number of aromatic nitrogens is 3. The minimum Gasteiger partial charge on any atom is -0.347 e. The second kappa shape index (κ2) is 6.82. The summed E-state index contributed by atoms with van der Waals surface area (Å²) in [7, 11) is 0. The highest BCUT2D eigenvalue weighted by atomic mass is 16.2. The summed E-state index contributed by atoms with van der Waals surface area (Å²) in [4.78, 5) is 38.8. The van der Waals surface area contributed by atoms with Gasteiger partial charge in [0.1, 0.15) is 5.69 Å². The van der Waals surface area contributed by atoms with Crippen molar-refractivity contribution in [2.75, 3.05) is 13.1 Å². The molecule has 1 aliphatic carbocycles. The van der Waals surface area contributed by atoms with Gasteiger partial charge in [-0.15, -0.1) is 0 Å². The van der Waals surface area contributed by atoms with E-state index < -0.39 is 0 Å². The Hall–Kier alpha value is -2.83. The molecule has 0 unspecified atom stereocenters. The van der Waals surface area contributed by atoms with Gasteiger partial charge in [-0.05, 0) is 43.2 Å². The number of pyridine rings is 1. The van der Waals surface area contributed by atoms with Gasteiger partial charge >= 0.3 is 0 Å². The van der Waals surface area contributed by atoms with E-state index in [4.69, 9.17) is 0 Å². The molecule has 7 heteroatoms. The molecule has 0 aromatic carbocycles. The van der Waals surface area contributed by atoms with Crippen LogP contribution in [0.5, 0.6) is 0 Å². The first-order chi connectivity index (χ1) is 12.7. The first-order valence-electron chi connectivity index (χ1n) is 8.94. The smallest absolute Gasteiger partial charge is 0.271 e. The number of hydrogen-bond acceptors (Lipinski definition) is 5. The SMILES string of the molecule is O=C(N[C@@H]1CCC12CCN(C(=O)c1cccnc1)CC2)c1cnccn1. The van der Waals surface area contributed by atoms with Crippen LogP contribution >= 0.6 is 0 Å². The third-order valence-corrected chi connectivity index (χ3v) is 5.73. The molecule has 2 aliphatic rings. The number of piperidine rings is 1. The summed E-state index contributed by atoms with van der Waals surface area (Å²) in [6.07, 6.45) is 11.7. The van der Waals surface area contributed by atoms with E-state index >= 15 is 0 Å². The molecule has 7 nitrogen and oxygen atoms in total. The average Bonchev–Trinajstić information content (AvgIpc) is 2.72. The molecule has 1 saturated heterocycles. The van der Waals surface area contributed by atoms with Crippen LogP contribution in [0.3, 0.4) is 0 Å². The maximum atomic E-state index is 12.6. The first kappa shape index (κ1) is 16.6. The molecular formula is C19H21N5O2. The normalized spacial score (nSPS) is 21.1. The number of rotatable bonds is 3. The maximum Gasteiger partial charge on any atom is 0.271 e. The van der Waals surface area contributed by atoms with Crippen LogP contribution in [0.15, 0.2) is 43.1 Å². The summed E-state index contributed by atoms with van der Waals surface area (Å²) < 4.78 is 0. The Kier molecular flexibility index (Phi) is 4.36. The summed E-state index contributed by atoms with van der Waals surface area (Å²) >= 11 is 0. The van der Waals surface area contributed by atoms with E-state index in [1.165, 1.54) is 12.4 Å². The van der Waals surface area contributed by atoms with Crippen molar-refractivity contribution in [2.24, 2.45) is 5.41 Å². The van der Waals surface area contributed by atoms with Crippen LogP contribution in [-0.2, 0) is 0 Å². The largest absolute Gasteiger partial charge is 0.347 e. The van der Waals surface area contributed by atoms with Crippen LogP contribution in [-0.4, -0.2) is 50.8 Å². The zero-order valence-corrected chi connectivity index (χ0v) is 14.5. The van der Waals surface area contributed by atoms with E-state index in [9.17, 15) is 9.59 Å². The molecule has 2 fully saturated rings. The number of nitrogens with zero attached hydrogens (tertiary/aromatic N) is 4. The molecule has 1 atom stereocenters. The zero-order valence-electron chi connectivity index (χ0n) is 14.5. The highest BCUT2D eigenvalue weighted by Crippen LogP contribution is 2.49. The third-order valence-electron chi connectivity index (χ3n) is 5.73. The molecule has 4 rings (SSSR count). The number of amides is 2. The average molecular weight is 351 g/mol. The van der Waals surface area contributed by atoms with Crippen LogP contribution in [0.4, 0.5) is 0 Å². The monoisotopic (exact) mass is 351 g/mol. The van der Waals surface area contributed by atoms with Crippen LogP contribution < -0.4 is 5.32 Å². The van der Waals surface area contributed by atoms with E-state index in [1.54, 1.807) is 30.7 Å². The van der Waals surface area contributed by atoms with E-state index in [1.807, 2.05) is 4.90 Å². The molecule has 3 heterocycles. The fourth-order valence-electron chi connectivity index (χ4n) is 4.00. The molecule has 26 heavy (non-hydrogen) atoms. The van der Waals surface area contributed by atoms with Crippen LogP contribution in [0.25, 0.3) is 0 Å². The highest BCUT2D eigenvalue weighted by molar-refractivity contribution is 5.94. The molecule has 1 spiro atoms. The second-order valence-corrected chi connectivity index (χ2v) is 7.05. The van der Waals surface area contributed by atoms with Crippen molar-refractivity contribution in [3.8, 4) is 0 Å². The Morgan fingerprint density at radius 2 is 1.88 bits per heavy atom. The molecule has 1 aliphatic heterocycles. The van der Waals surface area contributed by atoms with Gasteiger partial charge in [0.15, 0.2) is 0 Å². The Morgan fingerprint density at radius 3 is 2.50 bits per heavy atom. The van der Waals surface area contributed by atoms with Crippen molar-refractivity contribution in [2.45, 2.75) is 31.7 Å². The molecule has 1 saturated carbocycles. The lowest BCUT2D eigenvalue weighted by Crippen LogP contribution is -2.59. The van der Waals surface area contributed by atoms with Crippen molar-refractivity contribution in [3.05, 3.63) is 54.4 Å². The first-order valence-corrected chi connectivity index (χ1v) is 8.94. The van der Waals surface area contributed by atoms with Gasteiger partial charge < -0.3 is 10.2 Å². The third kappa shape index (κ3) is 3.05. The molecule has 2 aromatic rings. The summed E-state index contributed by atoms with van der Waals surface area (Å²) in [6.45, 7) is 1.43. The fraction of sp³-hybridized carbons (Fsp3) is 0.421. The molecule has 0 radical (unpaired) electrons. The number of hydrogen-bond donors (Lipinski definition) is 1. The van der Waals surface area contributed by atoms with Gasteiger partial charge in [-0.3, -0.25) is 19.6 Å². The van der Waals surface area contributed by atoms with Crippen molar-refractivity contribution >= 4 is 11.8 Å². The summed E-state index contributed by atoms with van der Waals surface area (Å²) in [5.41, 5.74) is 1.08. The number of nitrogens with one attached hydrogen (secondary N) is 1. The molecule has 1 N–H and O–H groups in total. The molecule has 2 amide bonds. The van der Waals surface area contributed by atoms with Gasteiger partial charge in [-0.25, -0.2) is 4.98 Å². The second-order valence-electron chi connectivity index (χ2n) is 7.05. The van der Waals surface area contributed by atoms with E-state index in [2.05, 4.69) is 20.3 Å². The van der Waals surface area contributed by atoms with Crippen LogP contribution in [0, 0.1) is 5.41 Å². The number of carbonyl (C=O) groups is 2. The summed E-state index contributed by atoms with van der Waals surface area (Å²) in [5.74, 6) is -0.136. The van der Waals surface area contributed by atoms with Gasteiger partial charge in [-0.1, -0.05) is 0 Å². The van der Waals surface area contributed by atoms with Crippen LogP contribution in [0.1, 0.15) is 46.5 Å². The van der Waals surface area contributed by atoms with Gasteiger partial charge in [0.05, 0.1) is 11.8 Å². The molecule has 0 bridgehead atoms. The van der Waals surface area contributed by atoms with Crippen LogP contribution in [0.2, 0.25) is 0 Å². The number of carbonyl (C=O) groups excluding carboxylic acids is 2. The van der Waals surface area contributed by atoms with Gasteiger partial charge in [0.25, 0.3) is 11.8 Å². The zero-order chi connectivity index (χ0) is 18.0. The minimum absolute atomic E-state index is 0.0346. The predicted molar refractivity (Wildman–Crippen MR) is 94.3 cm³/mol.